The van der Waals surface area contributed by atoms with Crippen LogP contribution in [0.15, 0.2) is 23.3 Å². The van der Waals surface area contributed by atoms with Crippen molar-refractivity contribution in [3.8, 4) is 11.5 Å². The van der Waals surface area contributed by atoms with Crippen molar-refractivity contribution >= 4 is 11.8 Å². The Bertz CT molecular complexity index is 621. The van der Waals surface area contributed by atoms with E-state index in [0.29, 0.717) is 17.4 Å². The van der Waals surface area contributed by atoms with Gasteiger partial charge in [0.15, 0.2) is 11.5 Å². The Hall–Kier alpha value is -2.24. The highest BCUT2D eigenvalue weighted by Gasteiger charge is 2.49. The summed E-state index contributed by atoms with van der Waals surface area (Å²) in [5.74, 6) is 1.60. The fourth-order valence-electron chi connectivity index (χ4n) is 3.11. The number of hydrogen-bond donors (Lipinski definition) is 0. The number of rotatable bonds is 3. The number of carbonyl (C=O) groups excluding carboxylic acids is 1. The highest BCUT2D eigenvalue weighted by Crippen LogP contribution is 2.41. The summed E-state index contributed by atoms with van der Waals surface area (Å²) in [7, 11) is 3.17. The minimum atomic E-state index is -0.603. The van der Waals surface area contributed by atoms with Gasteiger partial charge in [-0.25, -0.2) is 0 Å². The van der Waals surface area contributed by atoms with E-state index in [-0.39, 0.29) is 5.91 Å². The molecule has 6 nitrogen and oxygen atoms in total. The van der Waals surface area contributed by atoms with Crippen LogP contribution in [0.2, 0.25) is 0 Å². The van der Waals surface area contributed by atoms with Crippen LogP contribution in [0.5, 0.6) is 11.5 Å². The first-order valence-electron chi connectivity index (χ1n) is 7.40. The first-order valence-corrected chi connectivity index (χ1v) is 7.40. The number of hydrazone groups is 1. The summed E-state index contributed by atoms with van der Waals surface area (Å²) in [6.07, 6.45) is 3.71. The molecule has 0 radical (unpaired) electrons. The van der Waals surface area contributed by atoms with Gasteiger partial charge in [0, 0.05) is 25.3 Å². The van der Waals surface area contributed by atoms with Crippen molar-refractivity contribution in [2.24, 2.45) is 5.10 Å². The van der Waals surface area contributed by atoms with Crippen LogP contribution >= 0.6 is 0 Å². The quantitative estimate of drug-likeness (QED) is 0.861. The summed E-state index contributed by atoms with van der Waals surface area (Å²) < 4.78 is 16.6. The Morgan fingerprint density at radius 3 is 2.50 bits per heavy atom. The molecule has 1 aromatic carbocycles. The third-order valence-corrected chi connectivity index (χ3v) is 4.18. The summed E-state index contributed by atoms with van der Waals surface area (Å²) in [6, 6.07) is 5.47. The van der Waals surface area contributed by atoms with Gasteiger partial charge in [-0.15, -0.1) is 5.10 Å². The molecule has 1 aliphatic heterocycles. The maximum atomic E-state index is 11.9. The van der Waals surface area contributed by atoms with E-state index in [4.69, 9.17) is 14.2 Å². The summed E-state index contributed by atoms with van der Waals surface area (Å²) in [4.78, 5) is 11.9. The number of hydrogen-bond acceptors (Lipinski definition) is 5. The third kappa shape index (κ3) is 2.28. The zero-order chi connectivity index (χ0) is 15.7. The summed E-state index contributed by atoms with van der Waals surface area (Å²) in [5.41, 5.74) is 0.168. The summed E-state index contributed by atoms with van der Waals surface area (Å²) >= 11 is 0. The van der Waals surface area contributed by atoms with Gasteiger partial charge in [0.05, 0.1) is 14.2 Å². The van der Waals surface area contributed by atoms with E-state index >= 15 is 0 Å². The van der Waals surface area contributed by atoms with Crippen molar-refractivity contribution in [2.75, 3.05) is 14.2 Å². The predicted molar refractivity (Wildman–Crippen MR) is 80.9 cm³/mol. The molecule has 0 atom stereocenters. The SMILES string of the molecule is COc1ccc(C2=NN(C(C)=O)C3(CCCC3)O2)cc1OC. The third-order valence-electron chi connectivity index (χ3n) is 4.18. The van der Waals surface area contributed by atoms with Gasteiger partial charge >= 0.3 is 0 Å². The highest BCUT2D eigenvalue weighted by molar-refractivity contribution is 5.97. The molecule has 118 valence electrons. The maximum absolute atomic E-state index is 11.9. The molecule has 1 saturated carbocycles. The molecule has 1 heterocycles. The number of amides is 1. The Kier molecular flexibility index (Phi) is 3.68. The number of ether oxygens (including phenoxy) is 3. The number of benzene rings is 1. The summed E-state index contributed by atoms with van der Waals surface area (Å²) in [6.45, 7) is 1.52. The zero-order valence-corrected chi connectivity index (χ0v) is 13.1. The second-order valence-electron chi connectivity index (χ2n) is 5.56. The van der Waals surface area contributed by atoms with Crippen molar-refractivity contribution < 1.29 is 19.0 Å². The van der Waals surface area contributed by atoms with Crippen LogP contribution in [0.4, 0.5) is 0 Å². The Morgan fingerprint density at radius 1 is 1.23 bits per heavy atom. The number of nitrogens with zero attached hydrogens (tertiary/aromatic N) is 2. The predicted octanol–water partition coefficient (Wildman–Crippen LogP) is 2.51. The van der Waals surface area contributed by atoms with Gasteiger partial charge < -0.3 is 14.2 Å². The topological polar surface area (TPSA) is 60.4 Å². The lowest BCUT2D eigenvalue weighted by Gasteiger charge is -2.29. The molecule has 0 aromatic heterocycles. The number of methoxy groups -OCH3 is 2. The first-order chi connectivity index (χ1) is 10.6. The van der Waals surface area contributed by atoms with Crippen molar-refractivity contribution in [1.82, 2.24) is 5.01 Å². The summed E-state index contributed by atoms with van der Waals surface area (Å²) in [5, 5.41) is 5.90. The Labute approximate surface area is 129 Å². The minimum Gasteiger partial charge on any atom is -0.493 e. The van der Waals surface area contributed by atoms with E-state index in [1.165, 1.54) is 11.9 Å². The van der Waals surface area contributed by atoms with E-state index < -0.39 is 5.72 Å². The van der Waals surface area contributed by atoms with Crippen LogP contribution in [0, 0.1) is 0 Å². The normalized spacial score (nSPS) is 19.0. The molecule has 0 bridgehead atoms. The molecule has 1 amide bonds. The lowest BCUT2D eigenvalue weighted by atomic mass is 10.1. The van der Waals surface area contributed by atoms with Gasteiger partial charge in [0.25, 0.3) is 0 Å². The monoisotopic (exact) mass is 304 g/mol. The molecule has 1 aromatic rings. The van der Waals surface area contributed by atoms with Gasteiger partial charge in [-0.1, -0.05) is 0 Å². The molecule has 0 N–H and O–H groups in total. The molecule has 2 aliphatic rings. The standard InChI is InChI=1S/C16H20N2O4/c1-11(19)18-16(8-4-5-9-16)22-15(17-18)12-6-7-13(20-2)14(10-12)21-3/h6-7,10H,4-5,8-9H2,1-3H3. The second kappa shape index (κ2) is 5.51. The van der Waals surface area contributed by atoms with Crippen molar-refractivity contribution in [1.29, 1.82) is 0 Å². The van der Waals surface area contributed by atoms with Crippen molar-refractivity contribution in [2.45, 2.75) is 38.3 Å². The van der Waals surface area contributed by atoms with Gasteiger partial charge in [0.1, 0.15) is 0 Å². The lowest BCUT2D eigenvalue weighted by molar-refractivity contribution is -0.146. The van der Waals surface area contributed by atoms with Crippen molar-refractivity contribution in [3.05, 3.63) is 23.8 Å². The molecule has 1 aliphatic carbocycles. The van der Waals surface area contributed by atoms with E-state index in [1.54, 1.807) is 20.3 Å². The molecule has 0 saturated heterocycles. The minimum absolute atomic E-state index is 0.0997. The van der Waals surface area contributed by atoms with Crippen LogP contribution in [0.25, 0.3) is 0 Å². The van der Waals surface area contributed by atoms with Crippen LogP contribution in [0.3, 0.4) is 0 Å². The van der Waals surface area contributed by atoms with Gasteiger partial charge in [-0.05, 0) is 31.0 Å². The van der Waals surface area contributed by atoms with Gasteiger partial charge in [0.2, 0.25) is 17.5 Å². The maximum Gasteiger partial charge on any atom is 0.243 e. The molecule has 3 rings (SSSR count). The zero-order valence-electron chi connectivity index (χ0n) is 13.1. The lowest BCUT2D eigenvalue weighted by Crippen LogP contribution is -2.44. The average molecular weight is 304 g/mol. The van der Waals surface area contributed by atoms with Crippen LogP contribution in [-0.2, 0) is 9.53 Å². The molecule has 0 unspecified atom stereocenters. The molecule has 6 heteroatoms. The molecule has 1 spiro atoms. The fourth-order valence-corrected chi connectivity index (χ4v) is 3.11. The molecular weight excluding hydrogens is 284 g/mol. The van der Waals surface area contributed by atoms with Gasteiger partial charge in [-0.3, -0.25) is 4.79 Å². The second-order valence-corrected chi connectivity index (χ2v) is 5.56. The van der Waals surface area contributed by atoms with Gasteiger partial charge in [-0.2, -0.15) is 5.01 Å². The van der Waals surface area contributed by atoms with Crippen LogP contribution in [-0.4, -0.2) is 36.8 Å². The van der Waals surface area contributed by atoms with E-state index in [2.05, 4.69) is 5.10 Å². The van der Waals surface area contributed by atoms with Crippen molar-refractivity contribution in [3.63, 3.8) is 0 Å². The van der Waals surface area contributed by atoms with Crippen LogP contribution < -0.4 is 9.47 Å². The van der Waals surface area contributed by atoms with E-state index in [1.807, 2.05) is 12.1 Å². The fraction of sp³-hybridized carbons (Fsp3) is 0.500. The Morgan fingerprint density at radius 2 is 1.91 bits per heavy atom. The molecular formula is C16H20N2O4. The largest absolute Gasteiger partial charge is 0.493 e. The van der Waals surface area contributed by atoms with Crippen LogP contribution in [0.1, 0.15) is 38.2 Å². The molecule has 1 fully saturated rings. The average Bonchev–Trinajstić information content (AvgIpc) is 3.14. The highest BCUT2D eigenvalue weighted by atomic mass is 16.6. The Balaban J connectivity index is 1.95. The number of carbonyl (C=O) groups is 1. The van der Waals surface area contributed by atoms with E-state index in [0.717, 1.165) is 31.2 Å². The molecule has 22 heavy (non-hydrogen) atoms. The smallest absolute Gasteiger partial charge is 0.243 e. The van der Waals surface area contributed by atoms with E-state index in [9.17, 15) is 4.79 Å². The first kappa shape index (κ1) is 14.7.